The van der Waals surface area contributed by atoms with Crippen molar-refractivity contribution in [1.29, 1.82) is 0 Å². The van der Waals surface area contributed by atoms with Crippen molar-refractivity contribution in [3.8, 4) is 0 Å². The Hall–Kier alpha value is -1.81. The quantitative estimate of drug-likeness (QED) is 0.910. The van der Waals surface area contributed by atoms with Crippen LogP contribution in [-0.4, -0.2) is 11.7 Å². The van der Waals surface area contributed by atoms with Gasteiger partial charge in [-0.25, -0.2) is 4.39 Å². The summed E-state index contributed by atoms with van der Waals surface area (Å²) in [6.45, 7) is 0. The number of rotatable bonds is 2. The second kappa shape index (κ2) is 5.67. The highest BCUT2D eigenvalue weighted by molar-refractivity contribution is 7.99. The van der Waals surface area contributed by atoms with E-state index in [-0.39, 0.29) is 11.9 Å². The predicted molar refractivity (Wildman–Crippen MR) is 78.4 cm³/mol. The maximum Gasteiger partial charge on any atom is 0.251 e. The lowest BCUT2D eigenvalue weighted by molar-refractivity contribution is 0.0934. The van der Waals surface area contributed by atoms with Crippen molar-refractivity contribution in [3.05, 3.63) is 65.5 Å². The topological polar surface area (TPSA) is 29.1 Å². The standard InChI is InChI=1S/C16H14FNOS/c17-12-5-3-4-11(10-12)16(19)18-14-8-9-20-15-7-2-1-6-13(14)15/h1-7,10,14H,8-9H2,(H,18,19)/t14-/m0/s1. The molecule has 0 spiro atoms. The summed E-state index contributed by atoms with van der Waals surface area (Å²) in [6, 6.07) is 13.9. The van der Waals surface area contributed by atoms with Crippen LogP contribution in [0.1, 0.15) is 28.4 Å². The Bertz CT molecular complexity index is 644. The number of thioether (sulfide) groups is 1. The lowest BCUT2D eigenvalue weighted by Crippen LogP contribution is -2.30. The van der Waals surface area contributed by atoms with Crippen LogP contribution in [0.5, 0.6) is 0 Å². The molecule has 0 unspecified atom stereocenters. The van der Waals surface area contributed by atoms with Crippen molar-refractivity contribution in [3.63, 3.8) is 0 Å². The normalized spacial score (nSPS) is 17.4. The first-order valence-electron chi connectivity index (χ1n) is 6.52. The molecule has 0 bridgehead atoms. The number of hydrogen-bond acceptors (Lipinski definition) is 2. The maximum absolute atomic E-state index is 13.2. The number of nitrogens with one attached hydrogen (secondary N) is 1. The summed E-state index contributed by atoms with van der Waals surface area (Å²) < 4.78 is 13.2. The zero-order valence-electron chi connectivity index (χ0n) is 10.8. The second-order valence-corrected chi connectivity index (χ2v) is 5.85. The van der Waals surface area contributed by atoms with Crippen LogP contribution < -0.4 is 5.32 Å². The molecule has 0 saturated heterocycles. The van der Waals surface area contributed by atoms with Gasteiger partial charge < -0.3 is 5.32 Å². The van der Waals surface area contributed by atoms with Gasteiger partial charge in [0.2, 0.25) is 0 Å². The number of fused-ring (bicyclic) bond motifs is 1. The third-order valence-electron chi connectivity index (χ3n) is 3.35. The maximum atomic E-state index is 13.2. The summed E-state index contributed by atoms with van der Waals surface area (Å²) in [5, 5.41) is 3.00. The van der Waals surface area contributed by atoms with E-state index in [2.05, 4.69) is 11.4 Å². The Kier molecular flexibility index (Phi) is 3.74. The molecular weight excluding hydrogens is 273 g/mol. The van der Waals surface area contributed by atoms with E-state index in [1.54, 1.807) is 23.9 Å². The monoisotopic (exact) mass is 287 g/mol. The smallest absolute Gasteiger partial charge is 0.251 e. The summed E-state index contributed by atoms with van der Waals surface area (Å²) in [4.78, 5) is 13.4. The molecule has 0 aliphatic carbocycles. The molecule has 0 aromatic heterocycles. The molecule has 2 aromatic rings. The van der Waals surface area contributed by atoms with Gasteiger partial charge in [0.25, 0.3) is 5.91 Å². The fraction of sp³-hybridized carbons (Fsp3) is 0.188. The first-order chi connectivity index (χ1) is 9.74. The zero-order valence-corrected chi connectivity index (χ0v) is 11.6. The van der Waals surface area contributed by atoms with E-state index in [9.17, 15) is 9.18 Å². The van der Waals surface area contributed by atoms with Gasteiger partial charge in [-0.15, -0.1) is 11.8 Å². The minimum Gasteiger partial charge on any atom is -0.345 e. The van der Waals surface area contributed by atoms with Gasteiger partial charge in [-0.2, -0.15) is 0 Å². The molecule has 1 aliphatic rings. The van der Waals surface area contributed by atoms with Crippen LogP contribution in [0.25, 0.3) is 0 Å². The molecule has 1 amide bonds. The van der Waals surface area contributed by atoms with Crippen LogP contribution in [0.4, 0.5) is 4.39 Å². The number of carbonyl (C=O) groups is 1. The number of hydrogen-bond donors (Lipinski definition) is 1. The van der Waals surface area contributed by atoms with E-state index in [1.165, 1.54) is 17.0 Å². The summed E-state index contributed by atoms with van der Waals surface area (Å²) in [7, 11) is 0. The molecule has 1 heterocycles. The Labute approximate surface area is 121 Å². The van der Waals surface area contributed by atoms with Crippen LogP contribution in [0, 0.1) is 5.82 Å². The highest BCUT2D eigenvalue weighted by Crippen LogP contribution is 2.35. The van der Waals surface area contributed by atoms with E-state index >= 15 is 0 Å². The largest absolute Gasteiger partial charge is 0.345 e. The summed E-state index contributed by atoms with van der Waals surface area (Å²) in [5.41, 5.74) is 1.51. The average molecular weight is 287 g/mol. The molecule has 2 nitrogen and oxygen atoms in total. The van der Waals surface area contributed by atoms with Crippen LogP contribution in [0.3, 0.4) is 0 Å². The molecule has 1 atom stereocenters. The SMILES string of the molecule is O=C(N[C@H]1CCSc2ccccc21)c1cccc(F)c1. The van der Waals surface area contributed by atoms with E-state index < -0.39 is 5.82 Å². The van der Waals surface area contributed by atoms with E-state index in [0.717, 1.165) is 17.7 Å². The first kappa shape index (κ1) is 13.2. The van der Waals surface area contributed by atoms with Gasteiger partial charge in [-0.1, -0.05) is 24.3 Å². The Morgan fingerprint density at radius 3 is 2.90 bits per heavy atom. The average Bonchev–Trinajstić information content (AvgIpc) is 2.47. The summed E-state index contributed by atoms with van der Waals surface area (Å²) in [6.07, 6.45) is 0.892. The van der Waals surface area contributed by atoms with Gasteiger partial charge in [0.1, 0.15) is 5.82 Å². The van der Waals surface area contributed by atoms with Crippen molar-refractivity contribution in [1.82, 2.24) is 5.32 Å². The first-order valence-corrected chi connectivity index (χ1v) is 7.51. The van der Waals surface area contributed by atoms with Crippen molar-refractivity contribution in [2.75, 3.05) is 5.75 Å². The van der Waals surface area contributed by atoms with Gasteiger partial charge in [0.15, 0.2) is 0 Å². The number of benzene rings is 2. The minimum atomic E-state index is -0.391. The van der Waals surface area contributed by atoms with Gasteiger partial charge in [0, 0.05) is 16.2 Å². The highest BCUT2D eigenvalue weighted by Gasteiger charge is 2.22. The lowest BCUT2D eigenvalue weighted by Gasteiger charge is -2.25. The van der Waals surface area contributed by atoms with Gasteiger partial charge >= 0.3 is 0 Å². The molecule has 1 aliphatic heterocycles. The highest BCUT2D eigenvalue weighted by atomic mass is 32.2. The fourth-order valence-electron chi connectivity index (χ4n) is 2.36. The Balaban J connectivity index is 1.81. The third kappa shape index (κ3) is 2.70. The molecule has 20 heavy (non-hydrogen) atoms. The third-order valence-corrected chi connectivity index (χ3v) is 4.47. The van der Waals surface area contributed by atoms with Crippen molar-refractivity contribution >= 4 is 17.7 Å². The minimum absolute atomic E-state index is 0.00298. The predicted octanol–water partition coefficient (Wildman–Crippen LogP) is 3.79. The van der Waals surface area contributed by atoms with Gasteiger partial charge in [-0.05, 0) is 36.2 Å². The molecule has 0 radical (unpaired) electrons. The molecule has 4 heteroatoms. The van der Waals surface area contributed by atoms with Crippen molar-refractivity contribution in [2.45, 2.75) is 17.4 Å². The number of halogens is 1. The molecule has 102 valence electrons. The molecule has 3 rings (SSSR count). The van der Waals surface area contributed by atoms with Crippen molar-refractivity contribution < 1.29 is 9.18 Å². The van der Waals surface area contributed by atoms with Crippen LogP contribution in [-0.2, 0) is 0 Å². The lowest BCUT2D eigenvalue weighted by atomic mass is 10.0. The number of amides is 1. The van der Waals surface area contributed by atoms with E-state index in [4.69, 9.17) is 0 Å². The Morgan fingerprint density at radius 2 is 2.05 bits per heavy atom. The van der Waals surface area contributed by atoms with Crippen LogP contribution >= 0.6 is 11.8 Å². The van der Waals surface area contributed by atoms with Crippen molar-refractivity contribution in [2.24, 2.45) is 0 Å². The van der Waals surface area contributed by atoms with E-state index in [0.29, 0.717) is 5.56 Å². The summed E-state index contributed by atoms with van der Waals surface area (Å²) >= 11 is 1.81. The van der Waals surface area contributed by atoms with Crippen LogP contribution in [0.2, 0.25) is 0 Å². The van der Waals surface area contributed by atoms with E-state index in [1.807, 2.05) is 18.2 Å². The zero-order chi connectivity index (χ0) is 13.9. The Morgan fingerprint density at radius 1 is 1.20 bits per heavy atom. The molecule has 0 saturated carbocycles. The molecule has 1 N–H and O–H groups in total. The second-order valence-electron chi connectivity index (χ2n) is 4.71. The molecule has 0 fully saturated rings. The molecule has 2 aromatic carbocycles. The van der Waals surface area contributed by atoms with Crippen LogP contribution in [0.15, 0.2) is 53.4 Å². The molecular formula is C16H14FNOS. The van der Waals surface area contributed by atoms with Gasteiger partial charge in [0.05, 0.1) is 6.04 Å². The fourth-order valence-corrected chi connectivity index (χ4v) is 3.49. The summed E-state index contributed by atoms with van der Waals surface area (Å²) in [5.74, 6) is 0.360. The van der Waals surface area contributed by atoms with Gasteiger partial charge in [-0.3, -0.25) is 4.79 Å². The number of carbonyl (C=O) groups excluding carboxylic acids is 1.